The number of carbonyl (C=O) groups is 2. The van der Waals surface area contributed by atoms with Gasteiger partial charge in [-0.15, -0.1) is 0 Å². The third-order valence-electron chi connectivity index (χ3n) is 4.80. The average molecular weight is 477 g/mol. The Balaban J connectivity index is 2.40. The first-order valence-electron chi connectivity index (χ1n) is 10.3. The number of amides is 2. The first-order valence-corrected chi connectivity index (χ1v) is 12.1. The summed E-state index contributed by atoms with van der Waals surface area (Å²) in [5.74, 6) is -1.00. The molecule has 1 N–H and O–H groups in total. The van der Waals surface area contributed by atoms with Crippen molar-refractivity contribution in [3.63, 3.8) is 0 Å². The Kier molecular flexibility index (Phi) is 8.52. The minimum atomic E-state index is -3.96. The van der Waals surface area contributed by atoms with Crippen LogP contribution in [-0.2, 0) is 26.2 Å². The van der Waals surface area contributed by atoms with Crippen LogP contribution in [0, 0.1) is 10.1 Å². The molecule has 178 valence electrons. The van der Waals surface area contributed by atoms with Gasteiger partial charge in [0.05, 0.1) is 16.9 Å². The van der Waals surface area contributed by atoms with Crippen LogP contribution in [0.4, 0.5) is 11.4 Å². The Bertz CT molecular complexity index is 1100. The maximum absolute atomic E-state index is 13.3. The minimum Gasteiger partial charge on any atom is -0.352 e. The number of hydrogen-bond acceptors (Lipinski definition) is 6. The fraction of sp³-hybridized carbons (Fsp3) is 0.364. The van der Waals surface area contributed by atoms with Gasteiger partial charge in [-0.1, -0.05) is 36.4 Å². The highest BCUT2D eigenvalue weighted by atomic mass is 32.2. The van der Waals surface area contributed by atoms with E-state index in [4.69, 9.17) is 0 Å². The van der Waals surface area contributed by atoms with Gasteiger partial charge in [-0.3, -0.25) is 24.0 Å². The molecule has 0 aliphatic heterocycles. The second-order valence-electron chi connectivity index (χ2n) is 7.89. The van der Waals surface area contributed by atoms with Crippen molar-refractivity contribution in [3.8, 4) is 0 Å². The summed E-state index contributed by atoms with van der Waals surface area (Å²) < 4.78 is 25.8. The van der Waals surface area contributed by atoms with E-state index >= 15 is 0 Å². The van der Waals surface area contributed by atoms with Gasteiger partial charge in [0.15, 0.2) is 0 Å². The lowest BCUT2D eigenvalue weighted by Crippen LogP contribution is -2.52. The Hall–Kier alpha value is -3.47. The van der Waals surface area contributed by atoms with Gasteiger partial charge in [0.1, 0.15) is 12.6 Å². The molecule has 0 saturated carbocycles. The van der Waals surface area contributed by atoms with E-state index < -0.39 is 33.4 Å². The lowest BCUT2D eigenvalue weighted by molar-refractivity contribution is -0.384. The number of rotatable bonds is 10. The molecule has 0 aromatic heterocycles. The summed E-state index contributed by atoms with van der Waals surface area (Å²) in [6, 6.07) is 13.0. The van der Waals surface area contributed by atoms with Crippen molar-refractivity contribution in [2.24, 2.45) is 0 Å². The van der Waals surface area contributed by atoms with Crippen molar-refractivity contribution in [1.29, 1.82) is 0 Å². The Morgan fingerprint density at radius 1 is 1.06 bits per heavy atom. The number of nitro benzene ring substituents is 1. The summed E-state index contributed by atoms with van der Waals surface area (Å²) >= 11 is 0. The van der Waals surface area contributed by atoms with Crippen molar-refractivity contribution < 1.29 is 22.9 Å². The molecule has 11 heteroatoms. The molecule has 10 nitrogen and oxygen atoms in total. The Labute approximate surface area is 193 Å². The lowest BCUT2D eigenvalue weighted by atomic mass is 10.1. The van der Waals surface area contributed by atoms with Crippen LogP contribution in [0.3, 0.4) is 0 Å². The molecule has 2 rings (SSSR count). The second-order valence-corrected chi connectivity index (χ2v) is 9.80. The van der Waals surface area contributed by atoms with Crippen molar-refractivity contribution in [3.05, 3.63) is 70.3 Å². The predicted molar refractivity (Wildman–Crippen MR) is 125 cm³/mol. The summed E-state index contributed by atoms with van der Waals surface area (Å²) in [4.78, 5) is 37.8. The van der Waals surface area contributed by atoms with Crippen LogP contribution in [0.2, 0.25) is 0 Å². The van der Waals surface area contributed by atoms with Crippen molar-refractivity contribution in [1.82, 2.24) is 10.2 Å². The van der Waals surface area contributed by atoms with Gasteiger partial charge in [-0.05, 0) is 32.4 Å². The van der Waals surface area contributed by atoms with Gasteiger partial charge in [0.25, 0.3) is 5.69 Å². The summed E-state index contributed by atoms with van der Waals surface area (Å²) in [7, 11) is -3.96. The average Bonchev–Trinajstić information content (AvgIpc) is 2.74. The maximum Gasteiger partial charge on any atom is 0.271 e. The van der Waals surface area contributed by atoms with E-state index in [9.17, 15) is 28.1 Å². The van der Waals surface area contributed by atoms with E-state index in [1.165, 1.54) is 23.1 Å². The number of nitrogens with one attached hydrogen (secondary N) is 1. The number of non-ortho nitro benzene ring substituents is 1. The molecule has 2 aromatic rings. The van der Waals surface area contributed by atoms with Crippen LogP contribution in [0.5, 0.6) is 0 Å². The first-order chi connectivity index (χ1) is 15.4. The monoisotopic (exact) mass is 476 g/mol. The van der Waals surface area contributed by atoms with Crippen molar-refractivity contribution in [2.45, 2.75) is 39.4 Å². The Morgan fingerprint density at radius 2 is 1.70 bits per heavy atom. The van der Waals surface area contributed by atoms with E-state index in [1.54, 1.807) is 45.0 Å². The molecule has 0 heterocycles. The highest BCUT2D eigenvalue weighted by Crippen LogP contribution is 2.23. The van der Waals surface area contributed by atoms with Crippen molar-refractivity contribution in [2.75, 3.05) is 17.1 Å². The van der Waals surface area contributed by atoms with E-state index in [1.807, 2.05) is 6.07 Å². The number of anilines is 1. The molecule has 0 saturated heterocycles. The number of hydrogen-bond donors (Lipinski definition) is 1. The lowest BCUT2D eigenvalue weighted by Gasteiger charge is -2.31. The van der Waals surface area contributed by atoms with Crippen LogP contribution in [0.15, 0.2) is 54.6 Å². The largest absolute Gasteiger partial charge is 0.352 e. The van der Waals surface area contributed by atoms with E-state index in [2.05, 4.69) is 5.32 Å². The van der Waals surface area contributed by atoms with E-state index in [0.717, 1.165) is 22.2 Å². The Morgan fingerprint density at radius 3 is 2.24 bits per heavy atom. The second kappa shape index (κ2) is 10.9. The fourth-order valence-electron chi connectivity index (χ4n) is 3.14. The SMILES string of the molecule is CC(C)NC(=O)C(C)N(Cc1ccccc1)C(=O)CN(c1cccc([N+](=O)[O-])c1)S(C)(=O)=O. The van der Waals surface area contributed by atoms with Crippen LogP contribution in [-0.4, -0.2) is 54.9 Å². The van der Waals surface area contributed by atoms with E-state index in [0.29, 0.717) is 0 Å². The molecule has 0 aliphatic carbocycles. The third kappa shape index (κ3) is 7.28. The number of sulfonamides is 1. The molecular formula is C22H28N4O6S. The van der Waals surface area contributed by atoms with Crippen LogP contribution < -0.4 is 9.62 Å². The summed E-state index contributed by atoms with van der Waals surface area (Å²) in [5.41, 5.74) is 0.440. The molecule has 0 fully saturated rings. The molecule has 0 aliphatic rings. The van der Waals surface area contributed by atoms with Gasteiger partial charge < -0.3 is 10.2 Å². The number of benzene rings is 2. The highest BCUT2D eigenvalue weighted by molar-refractivity contribution is 7.92. The van der Waals surface area contributed by atoms with Crippen molar-refractivity contribution >= 4 is 33.2 Å². The molecular weight excluding hydrogens is 448 g/mol. The number of nitro groups is 1. The quantitative estimate of drug-likeness (QED) is 0.414. The standard InChI is InChI=1S/C22H28N4O6S/c1-16(2)23-22(28)17(3)24(14-18-9-6-5-7-10-18)21(27)15-25(33(4,31)32)19-11-8-12-20(13-19)26(29)30/h5-13,16-17H,14-15H2,1-4H3,(H,23,28). The molecule has 0 bridgehead atoms. The first kappa shape index (κ1) is 25.8. The summed E-state index contributed by atoms with van der Waals surface area (Å²) in [6.45, 7) is 4.62. The zero-order chi connectivity index (χ0) is 24.8. The molecule has 0 radical (unpaired) electrons. The van der Waals surface area contributed by atoms with Crippen LogP contribution >= 0.6 is 0 Å². The maximum atomic E-state index is 13.3. The zero-order valence-corrected chi connectivity index (χ0v) is 19.8. The van der Waals surface area contributed by atoms with Crippen LogP contribution in [0.25, 0.3) is 0 Å². The van der Waals surface area contributed by atoms with Crippen LogP contribution in [0.1, 0.15) is 26.3 Å². The molecule has 33 heavy (non-hydrogen) atoms. The van der Waals surface area contributed by atoms with Gasteiger partial charge in [-0.2, -0.15) is 0 Å². The summed E-state index contributed by atoms with van der Waals surface area (Å²) in [6.07, 6.45) is 0.912. The smallest absolute Gasteiger partial charge is 0.271 e. The molecule has 1 atom stereocenters. The molecule has 2 amide bonds. The highest BCUT2D eigenvalue weighted by Gasteiger charge is 2.30. The normalized spacial score (nSPS) is 12.2. The van der Waals surface area contributed by atoms with Gasteiger partial charge >= 0.3 is 0 Å². The topological polar surface area (TPSA) is 130 Å². The van der Waals surface area contributed by atoms with Gasteiger partial charge in [0.2, 0.25) is 21.8 Å². The molecule has 0 spiro atoms. The van der Waals surface area contributed by atoms with E-state index in [-0.39, 0.29) is 29.9 Å². The van der Waals surface area contributed by atoms with Gasteiger partial charge in [0, 0.05) is 24.7 Å². The summed E-state index contributed by atoms with van der Waals surface area (Å²) in [5, 5.41) is 13.9. The molecule has 1 unspecified atom stereocenters. The minimum absolute atomic E-state index is 0.0148. The van der Waals surface area contributed by atoms with Gasteiger partial charge in [-0.25, -0.2) is 8.42 Å². The third-order valence-corrected chi connectivity index (χ3v) is 5.94. The number of carbonyl (C=O) groups excluding carboxylic acids is 2. The zero-order valence-electron chi connectivity index (χ0n) is 19.0. The predicted octanol–water partition coefficient (Wildman–Crippen LogP) is 2.30. The number of nitrogens with zero attached hydrogens (tertiary/aromatic N) is 3. The molecule has 2 aromatic carbocycles. The fourth-order valence-corrected chi connectivity index (χ4v) is 3.98.